The number of ketones is 2. The Hall–Kier alpha value is -2.34. The summed E-state index contributed by atoms with van der Waals surface area (Å²) in [5, 5.41) is 238. The standard InChI is InChI=1S/C62H102O39S2/c1-3-23(56(84)85)18-102-20-33-54-42(77)47(82)62(95-33)100-53-32(17-67)93-59(45(80)40(53)75)98-51-30(15-65)92-58(44(79)39(51)74)99-52-31(16-66)94-60(46(81)41(52)76)101-55-34(21-103-19-26(57(86)87)10-27(69)5-7-89-9-8-88-6-4-22(2)68)96-61(48(83)43(55)78)97-50-25(14-64)12-28(35(70)38(50)73)90-49-24(13-63)11-29(91-54)36(71)37(49)72/h23-26,28-55,58-67,70-83H,3-21H2,1-2H3,(H,84,85)(H,86,87)/t23?,24?,25?,26?,28-,29-,30?,31?,32?,33?,34?,35?,36?,37+,38+,39+,40+,41+,42+,43+,44?,45?,46?,47?,48?,49+,50+,51+,52-,53+,54+,55+,58+,59+,60+,61+,62+/m0/s1. The Balaban J connectivity index is 1.08. The third-order valence-corrected chi connectivity index (χ3v) is 22.2. The van der Waals surface area contributed by atoms with Crippen molar-refractivity contribution in [3.8, 4) is 0 Å². The number of rotatable bonds is 27. The summed E-state index contributed by atoms with van der Waals surface area (Å²) >= 11 is 1.81. The minimum atomic E-state index is -2.28. The molecule has 596 valence electrons. The monoisotopic (exact) mass is 1530 g/mol. The zero-order valence-electron chi connectivity index (χ0n) is 56.4. The Morgan fingerprint density at radius 2 is 0.670 bits per heavy atom. The first-order chi connectivity index (χ1) is 49.0. The van der Waals surface area contributed by atoms with Crippen molar-refractivity contribution in [1.29, 1.82) is 0 Å². The highest BCUT2D eigenvalue weighted by Crippen LogP contribution is 2.42. The molecule has 21 rings (SSSR count). The molecule has 0 amide bonds. The first-order valence-electron chi connectivity index (χ1n) is 34.2. The second kappa shape index (κ2) is 40.0. The van der Waals surface area contributed by atoms with E-state index < -0.39 is 302 Å². The molecule has 19 saturated heterocycles. The number of aliphatic hydroxyl groups excluding tert-OH is 19. The van der Waals surface area contributed by atoms with Gasteiger partial charge in [-0.15, -0.1) is 0 Å². The normalized spacial score (nSPS) is 44.9. The summed E-state index contributed by atoms with van der Waals surface area (Å²) in [6, 6.07) is 0. The molecule has 16 unspecified atom stereocenters. The van der Waals surface area contributed by atoms with Gasteiger partial charge < -0.3 is 174 Å². The number of aliphatic carboxylic acids is 2. The maximum absolute atomic E-state index is 13.0. The minimum absolute atomic E-state index is 0.0431. The molecule has 103 heavy (non-hydrogen) atoms. The molecule has 21 fully saturated rings. The highest BCUT2D eigenvalue weighted by Gasteiger charge is 2.59. The van der Waals surface area contributed by atoms with Gasteiger partial charge in [-0.25, -0.2) is 0 Å². The number of carbonyl (C=O) groups is 4. The van der Waals surface area contributed by atoms with E-state index in [4.69, 9.17) is 66.3 Å². The van der Waals surface area contributed by atoms with Gasteiger partial charge in [-0.3, -0.25) is 19.2 Å². The lowest BCUT2D eigenvalue weighted by Crippen LogP contribution is -2.68. The van der Waals surface area contributed by atoms with Crippen molar-refractivity contribution < 1.29 is 193 Å². The Morgan fingerprint density at radius 3 is 1.01 bits per heavy atom. The largest absolute Gasteiger partial charge is 0.481 e. The molecule has 0 aromatic rings. The number of thioether (sulfide) groups is 2. The van der Waals surface area contributed by atoms with Crippen LogP contribution >= 0.6 is 23.5 Å². The summed E-state index contributed by atoms with van der Waals surface area (Å²) in [6.07, 6.45) is -66.1. The fraction of sp³-hybridized carbons (Fsp3) is 0.935. The zero-order valence-corrected chi connectivity index (χ0v) is 58.0. The molecule has 0 aromatic carbocycles. The van der Waals surface area contributed by atoms with Gasteiger partial charge in [-0.1, -0.05) is 6.92 Å². The lowest BCUT2D eigenvalue weighted by molar-refractivity contribution is -0.393. The first kappa shape index (κ1) is 86.3. The van der Waals surface area contributed by atoms with Crippen LogP contribution < -0.4 is 0 Å². The number of hydrogen-bond donors (Lipinski definition) is 21. The van der Waals surface area contributed by atoms with Gasteiger partial charge >= 0.3 is 11.9 Å². The smallest absolute Gasteiger partial charge is 0.307 e. The van der Waals surface area contributed by atoms with Crippen molar-refractivity contribution >= 4 is 47.0 Å². The average Bonchev–Trinajstić information content (AvgIpc) is 0.785. The lowest BCUT2D eigenvalue weighted by Gasteiger charge is -2.50. The molecule has 39 nitrogen and oxygen atoms in total. The third kappa shape index (κ3) is 21.0. The van der Waals surface area contributed by atoms with Gasteiger partial charge in [0.25, 0.3) is 0 Å². The number of aliphatic hydroxyl groups is 19. The van der Waals surface area contributed by atoms with Gasteiger partial charge in [0.2, 0.25) is 0 Å². The molecule has 37 atom stereocenters. The summed E-state index contributed by atoms with van der Waals surface area (Å²) in [5.74, 6) is -8.93. The molecule has 21 aliphatic rings. The van der Waals surface area contributed by atoms with Crippen molar-refractivity contribution in [3.63, 3.8) is 0 Å². The average molecular weight is 1540 g/mol. The predicted molar refractivity (Wildman–Crippen MR) is 339 cm³/mol. The number of carboxylic acid groups (broad SMARTS) is 2. The minimum Gasteiger partial charge on any atom is -0.481 e. The quantitative estimate of drug-likeness (QED) is 0.0340. The predicted octanol–water partition coefficient (Wildman–Crippen LogP) is -10.2. The van der Waals surface area contributed by atoms with Crippen molar-refractivity contribution in [2.45, 2.75) is 255 Å². The summed E-state index contributed by atoms with van der Waals surface area (Å²) in [5.41, 5.74) is 0. The van der Waals surface area contributed by atoms with Gasteiger partial charge in [-0.2, -0.15) is 23.5 Å². The van der Waals surface area contributed by atoms with Crippen LogP contribution in [0.3, 0.4) is 0 Å². The highest BCUT2D eigenvalue weighted by atomic mass is 32.2. The van der Waals surface area contributed by atoms with Gasteiger partial charge in [0.15, 0.2) is 31.5 Å². The van der Waals surface area contributed by atoms with Gasteiger partial charge in [-0.05, 0) is 26.2 Å². The molecule has 14 bridgehead atoms. The van der Waals surface area contributed by atoms with E-state index in [2.05, 4.69) is 0 Å². The second-order valence-electron chi connectivity index (χ2n) is 27.0. The van der Waals surface area contributed by atoms with Crippen LogP contribution in [0.5, 0.6) is 0 Å². The van der Waals surface area contributed by atoms with E-state index in [1.54, 1.807) is 6.92 Å². The van der Waals surface area contributed by atoms with E-state index in [9.17, 15) is 126 Å². The molecular weight excluding hydrogens is 1430 g/mol. The highest BCUT2D eigenvalue weighted by molar-refractivity contribution is 7.99. The summed E-state index contributed by atoms with van der Waals surface area (Å²) in [6.45, 7) is -1.62. The van der Waals surface area contributed by atoms with Gasteiger partial charge in [0.05, 0.1) is 94.7 Å². The summed E-state index contributed by atoms with van der Waals surface area (Å²) in [4.78, 5) is 48.9. The van der Waals surface area contributed by atoms with E-state index in [0.717, 1.165) is 23.5 Å². The van der Waals surface area contributed by atoms with Crippen LogP contribution in [0.1, 0.15) is 52.4 Å². The number of Topliss-reactive ketones (excluding diaryl/α,β-unsaturated/α-hetero) is 2. The first-order valence-corrected chi connectivity index (χ1v) is 36.5. The van der Waals surface area contributed by atoms with Gasteiger partial charge in [0.1, 0.15) is 146 Å². The Bertz CT molecular complexity index is 2600. The van der Waals surface area contributed by atoms with E-state index in [1.165, 1.54) is 6.92 Å². The van der Waals surface area contributed by atoms with Crippen LogP contribution in [0.4, 0.5) is 0 Å². The lowest BCUT2D eigenvalue weighted by atomic mass is 9.78. The summed E-state index contributed by atoms with van der Waals surface area (Å²) < 4.78 is 82.8. The van der Waals surface area contributed by atoms with Crippen LogP contribution in [0.2, 0.25) is 0 Å². The molecule has 0 spiro atoms. The molecule has 21 N–H and O–H groups in total. The maximum Gasteiger partial charge on any atom is 0.307 e. The molecule has 19 heterocycles. The Kier molecular flexibility index (Phi) is 33.5. The Labute approximate surface area is 598 Å². The van der Waals surface area contributed by atoms with Crippen LogP contribution in [-0.2, 0) is 85.5 Å². The Morgan fingerprint density at radius 1 is 0.369 bits per heavy atom. The SMILES string of the molecule is CCC(CSCC1O[C@@H]2O[C@@H]3C(CO)O[C@H](O[C@@H]4C(CO)O[C@H](O[C@H]5C(CO)O[C@H](O[C@@H]6C(CSCC(CC(=O)CCOCCOCCC(C)=O)C(=O)O)O[C@H](O[C@@H]7C(CO)C[C@H](O[C@@H]8C(CO)C[C@H](O[C@H]1[C@H](O)C2O)C(O)[C@H]8O)C(O)[C@H]7O)C(O)[C@H]6O)C(O)[C@H]5O)C(O)[C@H]4O)C(O)[C@H]3O)C(=O)O. The number of carboxylic acids is 2. The maximum atomic E-state index is 13.0. The van der Waals surface area contributed by atoms with E-state index in [0.29, 0.717) is 0 Å². The number of ether oxygens (including phenoxy) is 14. The van der Waals surface area contributed by atoms with E-state index in [-0.39, 0.29) is 68.7 Å². The van der Waals surface area contributed by atoms with Crippen LogP contribution in [0.25, 0.3) is 0 Å². The fourth-order valence-corrected chi connectivity index (χ4v) is 16.2. The molecule has 41 heteroatoms. The number of carbonyl (C=O) groups excluding carboxylic acids is 2. The molecule has 0 aromatic heterocycles. The van der Waals surface area contributed by atoms with Crippen LogP contribution in [0, 0.1) is 23.7 Å². The molecule has 2 saturated carbocycles. The van der Waals surface area contributed by atoms with Crippen molar-refractivity contribution in [1.82, 2.24) is 0 Å². The van der Waals surface area contributed by atoms with E-state index >= 15 is 0 Å². The third-order valence-electron chi connectivity index (χ3n) is 19.8. The van der Waals surface area contributed by atoms with Crippen molar-refractivity contribution in [2.24, 2.45) is 23.7 Å². The fourth-order valence-electron chi connectivity index (χ4n) is 13.7. The number of hydrogen-bond acceptors (Lipinski definition) is 39. The van der Waals surface area contributed by atoms with Crippen LogP contribution in [-0.4, -0.2) is 416 Å². The molecule has 0 radical (unpaired) electrons. The molecule has 19 aliphatic heterocycles. The van der Waals surface area contributed by atoms with Crippen molar-refractivity contribution in [3.05, 3.63) is 0 Å². The van der Waals surface area contributed by atoms with E-state index in [1.807, 2.05) is 0 Å². The van der Waals surface area contributed by atoms with Crippen LogP contribution in [0.15, 0.2) is 0 Å². The topological polar surface area (TPSA) is 622 Å². The zero-order chi connectivity index (χ0) is 75.4. The van der Waals surface area contributed by atoms with Crippen molar-refractivity contribution in [2.75, 3.05) is 82.5 Å². The second-order valence-corrected chi connectivity index (χ2v) is 29.1. The van der Waals surface area contributed by atoms with Gasteiger partial charge in [0, 0.05) is 67.3 Å². The summed E-state index contributed by atoms with van der Waals surface area (Å²) in [7, 11) is 0. The molecule has 2 aliphatic carbocycles. The molecular formula is C62H102O39S2.